The molecule has 1 rings (SSSR count). The van der Waals surface area contributed by atoms with Gasteiger partial charge in [-0.05, 0) is 37.6 Å². The van der Waals surface area contributed by atoms with Crippen molar-refractivity contribution in [2.24, 2.45) is 0 Å². The first-order chi connectivity index (χ1) is 8.22. The summed E-state index contributed by atoms with van der Waals surface area (Å²) in [4.78, 5) is 11.1. The Morgan fingerprint density at radius 3 is 2.89 bits per heavy atom. The van der Waals surface area contributed by atoms with Crippen molar-refractivity contribution in [3.8, 4) is 0 Å². The summed E-state index contributed by atoms with van der Waals surface area (Å²) >= 11 is 5.87. The zero-order chi connectivity index (χ0) is 12.5. The molecule has 0 saturated carbocycles. The minimum Gasteiger partial charge on any atom is -0.466 e. The summed E-state index contributed by atoms with van der Waals surface area (Å²) in [6.45, 7) is 3.83. The van der Waals surface area contributed by atoms with E-state index in [4.69, 9.17) is 16.3 Å². The lowest BCUT2D eigenvalue weighted by Gasteiger charge is -2.05. The van der Waals surface area contributed by atoms with Crippen LogP contribution in [0.25, 0.3) is 0 Å². The second kappa shape index (κ2) is 10.2. The van der Waals surface area contributed by atoms with Crippen LogP contribution in [0.15, 0.2) is 24.3 Å². The van der Waals surface area contributed by atoms with E-state index < -0.39 is 0 Å². The van der Waals surface area contributed by atoms with Crippen LogP contribution in [-0.2, 0) is 16.1 Å². The summed E-state index contributed by atoms with van der Waals surface area (Å²) in [6.07, 6.45) is 1.26. The summed E-state index contributed by atoms with van der Waals surface area (Å²) in [5.41, 5.74) is 1.15. The highest BCUT2D eigenvalue weighted by Crippen LogP contribution is 2.10. The third-order valence-corrected chi connectivity index (χ3v) is 2.49. The molecular weight excluding hydrogens is 273 g/mol. The SMILES string of the molecule is CCOC(=O)CCCNCc1cccc(Cl)c1.Cl. The van der Waals surface area contributed by atoms with Crippen LogP contribution in [0.2, 0.25) is 5.02 Å². The van der Waals surface area contributed by atoms with Gasteiger partial charge in [0.25, 0.3) is 0 Å². The minimum atomic E-state index is -0.128. The third kappa shape index (κ3) is 7.54. The monoisotopic (exact) mass is 291 g/mol. The van der Waals surface area contributed by atoms with Crippen molar-refractivity contribution in [2.45, 2.75) is 26.3 Å². The van der Waals surface area contributed by atoms with Gasteiger partial charge in [-0.2, -0.15) is 0 Å². The van der Waals surface area contributed by atoms with Crippen LogP contribution in [0.1, 0.15) is 25.3 Å². The number of hydrogen-bond acceptors (Lipinski definition) is 3. The van der Waals surface area contributed by atoms with Crippen LogP contribution < -0.4 is 5.32 Å². The third-order valence-electron chi connectivity index (χ3n) is 2.26. The van der Waals surface area contributed by atoms with Gasteiger partial charge in [-0.1, -0.05) is 23.7 Å². The second-order valence-electron chi connectivity index (χ2n) is 3.72. The molecule has 1 N–H and O–H groups in total. The van der Waals surface area contributed by atoms with E-state index in [1.54, 1.807) is 0 Å². The van der Waals surface area contributed by atoms with E-state index in [-0.39, 0.29) is 18.4 Å². The Kier molecular flexibility index (Phi) is 9.74. The van der Waals surface area contributed by atoms with Gasteiger partial charge in [-0.25, -0.2) is 0 Å². The van der Waals surface area contributed by atoms with Gasteiger partial charge in [0.2, 0.25) is 0 Å². The van der Waals surface area contributed by atoms with E-state index in [9.17, 15) is 4.79 Å². The molecule has 0 bridgehead atoms. The molecule has 0 radical (unpaired) electrons. The largest absolute Gasteiger partial charge is 0.466 e. The Morgan fingerprint density at radius 1 is 1.44 bits per heavy atom. The van der Waals surface area contributed by atoms with E-state index in [1.807, 2.05) is 31.2 Å². The van der Waals surface area contributed by atoms with Gasteiger partial charge in [-0.3, -0.25) is 4.79 Å². The van der Waals surface area contributed by atoms with Crippen LogP contribution in [0.3, 0.4) is 0 Å². The number of carbonyl (C=O) groups excluding carboxylic acids is 1. The Labute approximate surface area is 119 Å². The number of rotatable bonds is 7. The Hall–Kier alpha value is -0.770. The first-order valence-electron chi connectivity index (χ1n) is 5.83. The molecule has 1 aromatic rings. The summed E-state index contributed by atoms with van der Waals surface area (Å²) < 4.78 is 4.84. The maximum Gasteiger partial charge on any atom is 0.305 e. The van der Waals surface area contributed by atoms with Gasteiger partial charge in [0.05, 0.1) is 6.61 Å². The van der Waals surface area contributed by atoms with E-state index in [2.05, 4.69) is 5.32 Å². The molecule has 0 heterocycles. The highest BCUT2D eigenvalue weighted by molar-refractivity contribution is 6.30. The lowest BCUT2D eigenvalue weighted by molar-refractivity contribution is -0.143. The molecule has 0 spiro atoms. The van der Waals surface area contributed by atoms with Crippen LogP contribution in [0, 0.1) is 0 Å². The molecule has 102 valence electrons. The molecule has 0 unspecified atom stereocenters. The first-order valence-corrected chi connectivity index (χ1v) is 6.21. The average Bonchev–Trinajstić information content (AvgIpc) is 2.29. The standard InChI is InChI=1S/C13H18ClNO2.ClH/c1-2-17-13(16)7-4-8-15-10-11-5-3-6-12(14)9-11;/h3,5-6,9,15H,2,4,7-8,10H2,1H3;1H. The lowest BCUT2D eigenvalue weighted by atomic mass is 10.2. The summed E-state index contributed by atoms with van der Waals surface area (Å²) in [5.74, 6) is -0.128. The molecule has 0 atom stereocenters. The van der Waals surface area contributed by atoms with Crippen LogP contribution in [0.4, 0.5) is 0 Å². The van der Waals surface area contributed by atoms with E-state index >= 15 is 0 Å². The molecule has 3 nitrogen and oxygen atoms in total. The Balaban J connectivity index is 0.00000289. The van der Waals surface area contributed by atoms with Crippen molar-refractivity contribution in [1.82, 2.24) is 5.32 Å². The quantitative estimate of drug-likeness (QED) is 0.619. The van der Waals surface area contributed by atoms with Gasteiger partial charge < -0.3 is 10.1 Å². The van der Waals surface area contributed by atoms with Crippen LogP contribution in [-0.4, -0.2) is 19.1 Å². The summed E-state index contributed by atoms with van der Waals surface area (Å²) in [5, 5.41) is 4.01. The smallest absolute Gasteiger partial charge is 0.305 e. The molecule has 0 amide bonds. The lowest BCUT2D eigenvalue weighted by Crippen LogP contribution is -2.16. The molecule has 0 aliphatic rings. The molecule has 1 aromatic carbocycles. The van der Waals surface area contributed by atoms with E-state index in [0.29, 0.717) is 13.0 Å². The predicted octanol–water partition coefficient (Wildman–Crippen LogP) is 3.19. The van der Waals surface area contributed by atoms with Crippen LogP contribution >= 0.6 is 24.0 Å². The molecule has 0 aromatic heterocycles. The fourth-order valence-corrected chi connectivity index (χ4v) is 1.68. The van der Waals surface area contributed by atoms with Gasteiger partial charge >= 0.3 is 5.97 Å². The van der Waals surface area contributed by atoms with Crippen molar-refractivity contribution in [3.63, 3.8) is 0 Å². The fourth-order valence-electron chi connectivity index (χ4n) is 1.47. The normalized spacial score (nSPS) is 9.67. The number of hydrogen-bond donors (Lipinski definition) is 1. The number of nitrogens with one attached hydrogen (secondary N) is 1. The first kappa shape index (κ1) is 17.2. The van der Waals surface area contributed by atoms with Crippen molar-refractivity contribution in [2.75, 3.05) is 13.2 Å². The van der Waals surface area contributed by atoms with Crippen molar-refractivity contribution in [1.29, 1.82) is 0 Å². The second-order valence-corrected chi connectivity index (χ2v) is 4.15. The van der Waals surface area contributed by atoms with Gasteiger partial charge in [0.15, 0.2) is 0 Å². The maximum absolute atomic E-state index is 11.1. The summed E-state index contributed by atoms with van der Waals surface area (Å²) in [6, 6.07) is 7.73. The van der Waals surface area contributed by atoms with Gasteiger partial charge in [0, 0.05) is 18.0 Å². The van der Waals surface area contributed by atoms with Crippen molar-refractivity contribution < 1.29 is 9.53 Å². The zero-order valence-electron chi connectivity index (χ0n) is 10.4. The highest BCUT2D eigenvalue weighted by Gasteiger charge is 2.00. The number of benzene rings is 1. The number of ether oxygens (including phenoxy) is 1. The van der Waals surface area contributed by atoms with Crippen molar-refractivity contribution >= 4 is 30.0 Å². The highest BCUT2D eigenvalue weighted by atomic mass is 35.5. The number of halogens is 2. The zero-order valence-corrected chi connectivity index (χ0v) is 12.0. The summed E-state index contributed by atoms with van der Waals surface area (Å²) in [7, 11) is 0. The Morgan fingerprint density at radius 2 is 2.22 bits per heavy atom. The van der Waals surface area contributed by atoms with Gasteiger partial charge in [0.1, 0.15) is 0 Å². The molecule has 0 fully saturated rings. The van der Waals surface area contributed by atoms with Crippen LogP contribution in [0.5, 0.6) is 0 Å². The number of esters is 1. The molecular formula is C13H19Cl2NO2. The Bertz CT molecular complexity index is 359. The predicted molar refractivity (Wildman–Crippen MR) is 76.3 cm³/mol. The fraction of sp³-hybridized carbons (Fsp3) is 0.462. The molecule has 18 heavy (non-hydrogen) atoms. The van der Waals surface area contributed by atoms with Crippen molar-refractivity contribution in [3.05, 3.63) is 34.9 Å². The maximum atomic E-state index is 11.1. The molecule has 0 aliphatic carbocycles. The average molecular weight is 292 g/mol. The van der Waals surface area contributed by atoms with Gasteiger partial charge in [-0.15, -0.1) is 12.4 Å². The molecule has 0 aliphatic heterocycles. The number of carbonyl (C=O) groups is 1. The van der Waals surface area contributed by atoms with E-state index in [1.165, 1.54) is 0 Å². The molecule has 5 heteroatoms. The molecule has 0 saturated heterocycles. The topological polar surface area (TPSA) is 38.3 Å². The minimum absolute atomic E-state index is 0. The van der Waals surface area contributed by atoms with E-state index in [0.717, 1.165) is 30.1 Å².